The molecule has 1 N–H and O–H groups in total. The van der Waals surface area contributed by atoms with Gasteiger partial charge in [0.25, 0.3) is 0 Å². The fourth-order valence-electron chi connectivity index (χ4n) is 2.22. The third-order valence-electron chi connectivity index (χ3n) is 2.57. The van der Waals surface area contributed by atoms with Crippen LogP contribution in [0.25, 0.3) is 0 Å². The van der Waals surface area contributed by atoms with Crippen LogP contribution in [0.3, 0.4) is 0 Å². The first-order valence-corrected chi connectivity index (χ1v) is 6.40. The van der Waals surface area contributed by atoms with Crippen LogP contribution in [-0.4, -0.2) is 46.5 Å². The Morgan fingerprint density at radius 2 is 1.67 bits per heavy atom. The number of amides is 3. The number of nitrogens with one attached hydrogen (secondary N) is 1. The molecule has 0 bridgehead atoms. The van der Waals surface area contributed by atoms with Gasteiger partial charge in [-0.2, -0.15) is 0 Å². The van der Waals surface area contributed by atoms with Gasteiger partial charge in [0.05, 0.1) is 24.3 Å². The molecule has 0 saturated carbocycles. The maximum Gasteiger partial charge on any atom is 0.324 e. The van der Waals surface area contributed by atoms with Crippen molar-refractivity contribution in [3.05, 3.63) is 0 Å². The van der Waals surface area contributed by atoms with E-state index in [-0.39, 0.29) is 0 Å². The van der Waals surface area contributed by atoms with E-state index in [1.54, 1.807) is 4.90 Å². The van der Waals surface area contributed by atoms with Gasteiger partial charge in [-0.25, -0.2) is 4.79 Å². The predicted molar refractivity (Wildman–Crippen MR) is 69.7 cm³/mol. The molecule has 0 spiro atoms. The Balaban J connectivity index is 2.71. The zero-order valence-electron chi connectivity index (χ0n) is 11.5. The summed E-state index contributed by atoms with van der Waals surface area (Å²) in [6, 6.07) is -0.419. The van der Waals surface area contributed by atoms with E-state index < -0.39 is 28.5 Å². The average molecular weight is 277 g/mol. The molecule has 18 heavy (non-hydrogen) atoms. The molecule has 0 radical (unpaired) electrons. The number of carbonyl (C=O) groups excluding carboxylic acids is 2. The SMILES string of the molecule is CC(Cl)C(=O)NC(=O)N1CC(C)(C)OC(C)(C)C1. The van der Waals surface area contributed by atoms with E-state index in [4.69, 9.17) is 16.3 Å². The van der Waals surface area contributed by atoms with Crippen molar-refractivity contribution in [3.8, 4) is 0 Å². The molecule has 1 aliphatic rings. The lowest BCUT2D eigenvalue weighted by Gasteiger charge is -2.46. The van der Waals surface area contributed by atoms with Crippen molar-refractivity contribution >= 4 is 23.5 Å². The number of hydrogen-bond acceptors (Lipinski definition) is 3. The largest absolute Gasteiger partial charge is 0.366 e. The number of imide groups is 1. The van der Waals surface area contributed by atoms with Crippen LogP contribution in [0, 0.1) is 0 Å². The van der Waals surface area contributed by atoms with Crippen LogP contribution >= 0.6 is 11.6 Å². The smallest absolute Gasteiger partial charge is 0.324 e. The van der Waals surface area contributed by atoms with Crippen LogP contribution in [-0.2, 0) is 9.53 Å². The second kappa shape index (κ2) is 5.05. The van der Waals surface area contributed by atoms with Crippen molar-refractivity contribution in [1.82, 2.24) is 10.2 Å². The first-order valence-electron chi connectivity index (χ1n) is 5.96. The van der Waals surface area contributed by atoms with Crippen LogP contribution < -0.4 is 5.32 Å². The summed E-state index contributed by atoms with van der Waals surface area (Å²) in [5, 5.41) is 1.56. The Labute approximate surface area is 113 Å². The topological polar surface area (TPSA) is 58.6 Å². The molecular formula is C12H21ClN2O3. The average Bonchev–Trinajstić information content (AvgIpc) is 2.12. The summed E-state index contributed by atoms with van der Waals surface area (Å²) >= 11 is 5.62. The normalized spacial score (nSPS) is 23.3. The van der Waals surface area contributed by atoms with Gasteiger partial charge < -0.3 is 9.64 Å². The highest BCUT2D eigenvalue weighted by atomic mass is 35.5. The number of alkyl halides is 1. The molecule has 0 aromatic carbocycles. The van der Waals surface area contributed by atoms with Gasteiger partial charge in [0.2, 0.25) is 5.91 Å². The van der Waals surface area contributed by atoms with Gasteiger partial charge in [-0.15, -0.1) is 11.6 Å². The molecule has 0 aromatic rings. The quantitative estimate of drug-likeness (QED) is 0.742. The van der Waals surface area contributed by atoms with Crippen molar-refractivity contribution in [2.75, 3.05) is 13.1 Å². The highest BCUT2D eigenvalue weighted by Crippen LogP contribution is 2.27. The first kappa shape index (κ1) is 15.2. The molecule has 1 unspecified atom stereocenters. The molecule has 0 aromatic heterocycles. The van der Waals surface area contributed by atoms with Crippen molar-refractivity contribution in [3.63, 3.8) is 0 Å². The summed E-state index contributed by atoms with van der Waals surface area (Å²) in [5.74, 6) is -0.483. The Morgan fingerprint density at radius 1 is 1.22 bits per heavy atom. The number of morpholine rings is 1. The van der Waals surface area contributed by atoms with Crippen molar-refractivity contribution in [2.45, 2.75) is 51.2 Å². The van der Waals surface area contributed by atoms with E-state index in [9.17, 15) is 9.59 Å². The Bertz CT molecular complexity index is 337. The van der Waals surface area contributed by atoms with E-state index in [2.05, 4.69) is 5.32 Å². The summed E-state index contributed by atoms with van der Waals surface area (Å²) in [6.45, 7) is 10.1. The van der Waals surface area contributed by atoms with Gasteiger partial charge in [0.15, 0.2) is 0 Å². The fourth-order valence-corrected chi connectivity index (χ4v) is 2.27. The molecule has 1 aliphatic heterocycles. The molecule has 1 fully saturated rings. The van der Waals surface area contributed by atoms with Crippen molar-refractivity contribution in [2.24, 2.45) is 0 Å². The fraction of sp³-hybridized carbons (Fsp3) is 0.833. The second-order valence-electron chi connectivity index (χ2n) is 5.89. The third kappa shape index (κ3) is 4.14. The van der Waals surface area contributed by atoms with Crippen molar-refractivity contribution in [1.29, 1.82) is 0 Å². The van der Waals surface area contributed by atoms with Crippen LogP contribution in [0.2, 0.25) is 0 Å². The number of halogens is 1. The Morgan fingerprint density at radius 3 is 2.06 bits per heavy atom. The summed E-state index contributed by atoms with van der Waals surface area (Å²) < 4.78 is 5.86. The maximum absolute atomic E-state index is 12.0. The molecule has 1 heterocycles. The molecule has 0 aliphatic carbocycles. The minimum atomic E-state index is -0.726. The molecule has 3 amide bonds. The number of rotatable bonds is 1. The first-order chi connectivity index (χ1) is 8.02. The molecular weight excluding hydrogens is 256 g/mol. The summed E-state index contributed by atoms with van der Waals surface area (Å²) in [4.78, 5) is 24.9. The zero-order chi connectivity index (χ0) is 14.1. The standard InChI is InChI=1S/C12H21ClN2O3/c1-8(13)9(16)14-10(17)15-6-11(2,3)18-12(4,5)7-15/h8H,6-7H2,1-5H3,(H,14,16,17). The highest BCUT2D eigenvalue weighted by molar-refractivity contribution is 6.31. The van der Waals surface area contributed by atoms with Gasteiger partial charge in [0.1, 0.15) is 5.38 Å². The van der Waals surface area contributed by atoms with Crippen LogP contribution in [0.5, 0.6) is 0 Å². The number of urea groups is 1. The molecule has 1 saturated heterocycles. The predicted octanol–water partition coefficient (Wildman–Crippen LogP) is 1.74. The molecule has 104 valence electrons. The van der Waals surface area contributed by atoms with E-state index in [0.717, 1.165) is 0 Å². The molecule has 6 heteroatoms. The van der Waals surface area contributed by atoms with E-state index in [1.807, 2.05) is 27.7 Å². The van der Waals surface area contributed by atoms with Gasteiger partial charge >= 0.3 is 6.03 Å². The summed E-state index contributed by atoms with van der Waals surface area (Å²) in [6.07, 6.45) is 0. The van der Waals surface area contributed by atoms with Crippen LogP contribution in [0.4, 0.5) is 4.79 Å². The Kier molecular flexibility index (Phi) is 4.28. The summed E-state index contributed by atoms with van der Waals surface area (Å²) in [5.41, 5.74) is -0.872. The van der Waals surface area contributed by atoms with E-state index in [1.165, 1.54) is 6.92 Å². The van der Waals surface area contributed by atoms with Gasteiger partial charge in [0, 0.05) is 0 Å². The zero-order valence-corrected chi connectivity index (χ0v) is 12.3. The third-order valence-corrected chi connectivity index (χ3v) is 2.77. The lowest BCUT2D eigenvalue weighted by Crippen LogP contribution is -2.61. The number of hydrogen-bond donors (Lipinski definition) is 1. The highest BCUT2D eigenvalue weighted by Gasteiger charge is 2.40. The van der Waals surface area contributed by atoms with Gasteiger partial charge in [-0.1, -0.05) is 0 Å². The lowest BCUT2D eigenvalue weighted by atomic mass is 9.99. The van der Waals surface area contributed by atoms with Gasteiger partial charge in [-0.3, -0.25) is 10.1 Å². The monoisotopic (exact) mass is 276 g/mol. The van der Waals surface area contributed by atoms with Crippen LogP contribution in [0.15, 0.2) is 0 Å². The van der Waals surface area contributed by atoms with E-state index >= 15 is 0 Å². The van der Waals surface area contributed by atoms with Crippen LogP contribution in [0.1, 0.15) is 34.6 Å². The molecule has 1 atom stereocenters. The van der Waals surface area contributed by atoms with Gasteiger partial charge in [-0.05, 0) is 34.6 Å². The number of carbonyl (C=O) groups is 2. The molecule has 1 rings (SSSR count). The minimum Gasteiger partial charge on any atom is -0.366 e. The number of ether oxygens (including phenoxy) is 1. The maximum atomic E-state index is 12.0. The molecule has 5 nitrogen and oxygen atoms in total. The Hall–Kier alpha value is -0.810. The number of nitrogens with zero attached hydrogens (tertiary/aromatic N) is 1. The van der Waals surface area contributed by atoms with E-state index in [0.29, 0.717) is 13.1 Å². The minimum absolute atomic E-state index is 0.419. The van der Waals surface area contributed by atoms with Crippen molar-refractivity contribution < 1.29 is 14.3 Å². The lowest BCUT2D eigenvalue weighted by molar-refractivity contribution is -0.170. The second-order valence-corrected chi connectivity index (χ2v) is 6.54. The summed E-state index contributed by atoms with van der Waals surface area (Å²) in [7, 11) is 0.